The molecule has 1 N–H and O–H groups in total. The highest BCUT2D eigenvalue weighted by Gasteiger charge is 2.35. The minimum Gasteiger partial charge on any atom is -0.386 e. The van der Waals surface area contributed by atoms with E-state index in [1.54, 1.807) is 18.5 Å². The molecule has 0 bridgehead atoms. The Bertz CT molecular complexity index is 783. The van der Waals surface area contributed by atoms with E-state index in [-0.39, 0.29) is 18.8 Å². The lowest BCUT2D eigenvalue weighted by Gasteiger charge is -2.28. The van der Waals surface area contributed by atoms with Gasteiger partial charge in [-0.3, -0.25) is 0 Å². The van der Waals surface area contributed by atoms with Gasteiger partial charge in [0.05, 0.1) is 11.3 Å². The Labute approximate surface area is 153 Å². The van der Waals surface area contributed by atoms with Crippen LogP contribution in [-0.2, 0) is 12.0 Å². The minimum atomic E-state index is -2.52. The molecule has 1 saturated carbocycles. The van der Waals surface area contributed by atoms with Gasteiger partial charge in [0.1, 0.15) is 0 Å². The van der Waals surface area contributed by atoms with Gasteiger partial charge in [-0.25, -0.2) is 18.4 Å². The fourth-order valence-electron chi connectivity index (χ4n) is 3.60. The van der Waals surface area contributed by atoms with Crippen molar-refractivity contribution in [2.45, 2.75) is 71.3 Å². The van der Waals surface area contributed by atoms with Crippen LogP contribution in [0.5, 0.6) is 0 Å². The van der Waals surface area contributed by atoms with Crippen LogP contribution in [0.1, 0.15) is 62.2 Å². The van der Waals surface area contributed by atoms with Crippen molar-refractivity contribution in [2.75, 3.05) is 0 Å². The van der Waals surface area contributed by atoms with E-state index in [4.69, 9.17) is 4.98 Å². The summed E-state index contributed by atoms with van der Waals surface area (Å²) in [5, 5.41) is 15.0. The first-order valence-electron chi connectivity index (χ1n) is 9.19. The topological polar surface area (TPSA) is 50.9 Å². The summed E-state index contributed by atoms with van der Waals surface area (Å²) in [5.74, 6) is -1.66. The third-order valence-corrected chi connectivity index (χ3v) is 5.13. The van der Waals surface area contributed by atoms with Gasteiger partial charge in [0.2, 0.25) is 5.92 Å². The number of aromatic nitrogens is 3. The third kappa shape index (κ3) is 4.29. The Hall–Kier alpha value is -1.82. The van der Waals surface area contributed by atoms with E-state index in [1.807, 2.05) is 32.0 Å². The Kier molecular flexibility index (Phi) is 4.90. The molecule has 0 atom stereocenters. The monoisotopic (exact) mass is 363 g/mol. The average molecular weight is 363 g/mol. The van der Waals surface area contributed by atoms with Crippen molar-refractivity contribution >= 4 is 0 Å². The number of hydrogen-bond acceptors (Lipinski definition) is 3. The van der Waals surface area contributed by atoms with Crippen LogP contribution in [-0.4, -0.2) is 25.8 Å². The van der Waals surface area contributed by atoms with Crippen molar-refractivity contribution in [3.05, 3.63) is 40.8 Å². The second kappa shape index (κ2) is 6.72. The highest BCUT2D eigenvalue weighted by Crippen LogP contribution is 2.37. The van der Waals surface area contributed by atoms with Crippen molar-refractivity contribution < 1.29 is 13.9 Å². The molecule has 0 unspecified atom stereocenters. The fourth-order valence-corrected chi connectivity index (χ4v) is 3.60. The summed E-state index contributed by atoms with van der Waals surface area (Å²) in [5.41, 5.74) is 2.43. The summed E-state index contributed by atoms with van der Waals surface area (Å²) in [6.45, 7) is 7.35. The van der Waals surface area contributed by atoms with Crippen LogP contribution in [0.3, 0.4) is 0 Å². The number of alkyl halides is 2. The summed E-state index contributed by atoms with van der Waals surface area (Å²) in [4.78, 5) is 4.72. The summed E-state index contributed by atoms with van der Waals surface area (Å²) in [7, 11) is 0. The quantitative estimate of drug-likeness (QED) is 0.871. The van der Waals surface area contributed by atoms with Crippen LogP contribution < -0.4 is 0 Å². The predicted octanol–water partition coefficient (Wildman–Crippen LogP) is 4.48. The molecule has 4 nitrogen and oxygen atoms in total. The summed E-state index contributed by atoms with van der Waals surface area (Å²) < 4.78 is 28.6. The summed E-state index contributed by atoms with van der Waals surface area (Å²) in [6, 6.07) is 5.71. The first-order chi connectivity index (χ1) is 12.0. The average Bonchev–Trinajstić information content (AvgIpc) is 2.87. The lowest BCUT2D eigenvalue weighted by Crippen LogP contribution is -2.26. The van der Waals surface area contributed by atoms with E-state index < -0.39 is 11.5 Å². The van der Waals surface area contributed by atoms with Gasteiger partial charge in [0.15, 0.2) is 5.82 Å². The van der Waals surface area contributed by atoms with Gasteiger partial charge < -0.3 is 5.11 Å². The maximum Gasteiger partial charge on any atom is 0.248 e. The van der Waals surface area contributed by atoms with E-state index in [0.717, 1.165) is 22.6 Å². The van der Waals surface area contributed by atoms with Crippen molar-refractivity contribution in [3.63, 3.8) is 0 Å². The maximum absolute atomic E-state index is 13.4. The van der Waals surface area contributed by atoms with Crippen LogP contribution in [0, 0.1) is 19.8 Å². The van der Waals surface area contributed by atoms with Crippen molar-refractivity contribution in [2.24, 2.45) is 5.92 Å². The molecule has 1 fully saturated rings. The Balaban J connectivity index is 1.92. The van der Waals surface area contributed by atoms with Gasteiger partial charge in [-0.2, -0.15) is 5.10 Å². The van der Waals surface area contributed by atoms with Crippen molar-refractivity contribution in [3.8, 4) is 5.82 Å². The SMILES string of the molecule is Cc1cc(C)n(-c2cc(C(C)(C)O)cc(CC3CCC(F)(F)CC3)n2)n1. The molecule has 1 aliphatic carbocycles. The minimum absolute atomic E-state index is 0.0484. The second-order valence-corrected chi connectivity index (χ2v) is 8.11. The number of hydrogen-bond donors (Lipinski definition) is 1. The summed E-state index contributed by atoms with van der Waals surface area (Å²) in [6.07, 6.45) is 1.57. The first-order valence-corrected chi connectivity index (χ1v) is 9.19. The highest BCUT2D eigenvalue weighted by molar-refractivity contribution is 5.35. The Morgan fingerprint density at radius 1 is 1.19 bits per heavy atom. The summed E-state index contributed by atoms with van der Waals surface area (Å²) >= 11 is 0. The van der Waals surface area contributed by atoms with Gasteiger partial charge in [-0.05, 0) is 76.6 Å². The number of aryl methyl sites for hydroxylation is 2. The van der Waals surface area contributed by atoms with Gasteiger partial charge in [-0.15, -0.1) is 0 Å². The molecule has 0 saturated heterocycles. The van der Waals surface area contributed by atoms with E-state index in [2.05, 4.69) is 5.10 Å². The van der Waals surface area contributed by atoms with Crippen molar-refractivity contribution in [1.29, 1.82) is 0 Å². The third-order valence-electron chi connectivity index (χ3n) is 5.13. The van der Waals surface area contributed by atoms with Crippen molar-refractivity contribution in [1.82, 2.24) is 14.8 Å². The molecule has 2 aromatic heterocycles. The Morgan fingerprint density at radius 3 is 2.38 bits per heavy atom. The largest absolute Gasteiger partial charge is 0.386 e. The van der Waals surface area contributed by atoms with Gasteiger partial charge in [-0.1, -0.05) is 0 Å². The van der Waals surface area contributed by atoms with E-state index >= 15 is 0 Å². The smallest absolute Gasteiger partial charge is 0.248 e. The molecule has 1 aliphatic rings. The van der Waals surface area contributed by atoms with E-state index in [0.29, 0.717) is 25.1 Å². The molecular weight excluding hydrogens is 336 g/mol. The van der Waals surface area contributed by atoms with Crippen LogP contribution >= 0.6 is 0 Å². The van der Waals surface area contributed by atoms with Crippen LogP contribution in [0.2, 0.25) is 0 Å². The molecule has 0 radical (unpaired) electrons. The molecule has 6 heteroatoms. The molecular formula is C20H27F2N3O. The molecule has 0 aliphatic heterocycles. The highest BCUT2D eigenvalue weighted by atomic mass is 19.3. The molecule has 0 amide bonds. The van der Waals surface area contributed by atoms with Crippen LogP contribution in [0.25, 0.3) is 5.82 Å². The zero-order chi connectivity index (χ0) is 19.1. The first kappa shape index (κ1) is 19.0. The number of aliphatic hydroxyl groups is 1. The Morgan fingerprint density at radius 2 is 1.85 bits per heavy atom. The molecule has 2 heterocycles. The van der Waals surface area contributed by atoms with E-state index in [9.17, 15) is 13.9 Å². The zero-order valence-corrected chi connectivity index (χ0v) is 15.9. The number of pyridine rings is 1. The van der Waals surface area contributed by atoms with E-state index in [1.165, 1.54) is 0 Å². The van der Waals surface area contributed by atoms with Gasteiger partial charge in [0, 0.05) is 24.2 Å². The number of nitrogens with zero attached hydrogens (tertiary/aromatic N) is 3. The molecule has 0 spiro atoms. The number of rotatable bonds is 4. The molecule has 2 aromatic rings. The predicted molar refractivity (Wildman–Crippen MR) is 96.7 cm³/mol. The van der Waals surface area contributed by atoms with Gasteiger partial charge in [0.25, 0.3) is 0 Å². The lowest BCUT2D eigenvalue weighted by atomic mass is 9.83. The number of halogens is 2. The second-order valence-electron chi connectivity index (χ2n) is 8.11. The fraction of sp³-hybridized carbons (Fsp3) is 0.600. The molecule has 0 aromatic carbocycles. The molecule has 26 heavy (non-hydrogen) atoms. The zero-order valence-electron chi connectivity index (χ0n) is 15.9. The molecule has 142 valence electrons. The lowest BCUT2D eigenvalue weighted by molar-refractivity contribution is -0.0457. The standard InChI is InChI=1S/C20H27F2N3O/c1-13-9-14(2)25(24-13)18-12-16(19(3,4)26)11-17(23-18)10-15-5-7-20(21,22)8-6-15/h9,11-12,15,26H,5-8,10H2,1-4H3. The molecule has 3 rings (SSSR count). The maximum atomic E-state index is 13.4. The normalized spacial score (nSPS) is 18.3. The van der Waals surface area contributed by atoms with Crippen LogP contribution in [0.4, 0.5) is 8.78 Å². The van der Waals surface area contributed by atoms with Crippen LogP contribution in [0.15, 0.2) is 18.2 Å². The van der Waals surface area contributed by atoms with Gasteiger partial charge >= 0.3 is 0 Å².